The van der Waals surface area contributed by atoms with Gasteiger partial charge in [-0.15, -0.1) is 0 Å². The summed E-state index contributed by atoms with van der Waals surface area (Å²) in [7, 11) is 0. The van der Waals surface area contributed by atoms with Crippen LogP contribution in [0.15, 0.2) is 11.6 Å². The van der Waals surface area contributed by atoms with Gasteiger partial charge < -0.3 is 4.74 Å². The summed E-state index contributed by atoms with van der Waals surface area (Å²) >= 11 is 1.73. The number of ether oxygens (including phenoxy) is 1. The molecule has 16 heavy (non-hydrogen) atoms. The highest BCUT2D eigenvalue weighted by atomic mass is 32.2. The maximum absolute atomic E-state index is 12.2. The second-order valence-corrected chi connectivity index (χ2v) is 6.09. The third-order valence-corrected chi connectivity index (χ3v) is 5.11. The van der Waals surface area contributed by atoms with Gasteiger partial charge in [-0.2, -0.15) is 11.8 Å². The van der Waals surface area contributed by atoms with Crippen LogP contribution in [0.25, 0.3) is 0 Å². The first-order valence-electron chi connectivity index (χ1n) is 5.70. The van der Waals surface area contributed by atoms with E-state index in [1.165, 1.54) is 5.57 Å². The van der Waals surface area contributed by atoms with Crippen LogP contribution in [0, 0.1) is 10.8 Å². The summed E-state index contributed by atoms with van der Waals surface area (Å²) in [5, 5.41) is 0.224. The molecule has 0 aromatic heterocycles. The monoisotopic (exact) mass is 242 g/mol. The predicted molar refractivity (Wildman–Crippen MR) is 69.6 cm³/mol. The molecule has 0 amide bonds. The molecular weight excluding hydrogens is 220 g/mol. The summed E-state index contributed by atoms with van der Waals surface area (Å²) < 4.78 is 5.26. The number of carbonyl (C=O) groups excluding carboxylic acids is 1. The van der Waals surface area contributed by atoms with Crippen LogP contribution in [-0.4, -0.2) is 24.1 Å². The molecule has 0 unspecified atom stereocenters. The Hall–Kier alpha value is -0.440. The number of thioether (sulfide) groups is 1. The first-order chi connectivity index (χ1) is 7.31. The molecule has 0 bridgehead atoms. The molecular formula is C13H22O2S. The minimum Gasteiger partial charge on any atom is -0.466 e. The number of allylic oxidation sites excluding steroid dienone is 1. The first kappa shape index (κ1) is 13.6. The summed E-state index contributed by atoms with van der Waals surface area (Å²) in [4.78, 5) is 12.2. The predicted octanol–water partition coefficient (Wildman–Crippen LogP) is 3.27. The topological polar surface area (TPSA) is 26.3 Å². The molecule has 0 radical (unpaired) electrons. The Bertz CT molecular complexity index is 320. The van der Waals surface area contributed by atoms with Crippen LogP contribution in [0.5, 0.6) is 0 Å². The van der Waals surface area contributed by atoms with Gasteiger partial charge in [-0.25, -0.2) is 0 Å². The van der Waals surface area contributed by atoms with Crippen LogP contribution < -0.4 is 0 Å². The van der Waals surface area contributed by atoms with Crippen molar-refractivity contribution in [2.45, 2.75) is 39.9 Å². The summed E-state index contributed by atoms with van der Waals surface area (Å²) in [6, 6.07) is 0. The van der Waals surface area contributed by atoms with Gasteiger partial charge in [-0.05, 0) is 27.0 Å². The Morgan fingerprint density at radius 3 is 2.50 bits per heavy atom. The molecule has 1 aliphatic rings. The maximum atomic E-state index is 12.2. The Morgan fingerprint density at radius 1 is 1.50 bits per heavy atom. The lowest BCUT2D eigenvalue weighted by Crippen LogP contribution is -2.46. The fourth-order valence-electron chi connectivity index (χ4n) is 2.66. The van der Waals surface area contributed by atoms with E-state index >= 15 is 0 Å². The van der Waals surface area contributed by atoms with Crippen LogP contribution >= 0.6 is 11.8 Å². The van der Waals surface area contributed by atoms with Crippen LogP contribution in [0.3, 0.4) is 0 Å². The number of hydrogen-bond acceptors (Lipinski definition) is 3. The van der Waals surface area contributed by atoms with E-state index < -0.39 is 5.41 Å². The lowest BCUT2D eigenvalue weighted by atomic mass is 9.68. The van der Waals surface area contributed by atoms with Crippen molar-refractivity contribution in [2.24, 2.45) is 10.8 Å². The maximum Gasteiger partial charge on any atom is 0.314 e. The zero-order valence-electron chi connectivity index (χ0n) is 11.1. The highest BCUT2D eigenvalue weighted by Crippen LogP contribution is 2.55. The van der Waals surface area contributed by atoms with Crippen molar-refractivity contribution in [3.8, 4) is 0 Å². The SMILES string of the molecule is CCOC(=O)[C@]1(C)[C@@H](SC)C(C)=CC1(C)C. The van der Waals surface area contributed by atoms with E-state index in [9.17, 15) is 4.79 Å². The Balaban J connectivity index is 3.13. The standard InChI is InChI=1S/C13H22O2S/c1-7-15-11(14)13(5)10(16-6)9(2)8-12(13,3)4/h8,10H,7H2,1-6H3/t10-,13-/m0/s1. The van der Waals surface area contributed by atoms with Gasteiger partial charge >= 0.3 is 5.97 Å². The van der Waals surface area contributed by atoms with Crippen molar-refractivity contribution in [1.29, 1.82) is 0 Å². The minimum absolute atomic E-state index is 0.0764. The van der Waals surface area contributed by atoms with Crippen LogP contribution in [0.1, 0.15) is 34.6 Å². The summed E-state index contributed by atoms with van der Waals surface area (Å²) in [6.45, 7) is 10.7. The van der Waals surface area contributed by atoms with E-state index in [0.717, 1.165) is 0 Å². The van der Waals surface area contributed by atoms with Crippen LogP contribution in [-0.2, 0) is 9.53 Å². The van der Waals surface area contributed by atoms with Gasteiger partial charge in [0.15, 0.2) is 0 Å². The fraction of sp³-hybridized carbons (Fsp3) is 0.769. The summed E-state index contributed by atoms with van der Waals surface area (Å²) in [6.07, 6.45) is 4.27. The van der Waals surface area contributed by atoms with E-state index in [0.29, 0.717) is 6.61 Å². The Morgan fingerprint density at radius 2 is 2.06 bits per heavy atom. The molecule has 0 aromatic carbocycles. The smallest absolute Gasteiger partial charge is 0.314 e. The second kappa shape index (κ2) is 4.44. The van der Waals surface area contributed by atoms with Gasteiger partial charge in [-0.1, -0.05) is 25.5 Å². The van der Waals surface area contributed by atoms with Gasteiger partial charge in [0.05, 0.1) is 12.0 Å². The highest BCUT2D eigenvalue weighted by Gasteiger charge is 2.56. The lowest BCUT2D eigenvalue weighted by molar-refractivity contribution is -0.158. The molecule has 0 aromatic rings. The normalized spacial score (nSPS) is 32.4. The van der Waals surface area contributed by atoms with E-state index in [1.807, 2.05) is 13.8 Å². The Labute approximate surface area is 103 Å². The number of carbonyl (C=O) groups is 1. The molecule has 2 atom stereocenters. The van der Waals surface area contributed by atoms with E-state index in [4.69, 9.17) is 4.74 Å². The number of rotatable bonds is 3. The molecule has 2 nitrogen and oxygen atoms in total. The third-order valence-electron chi connectivity index (χ3n) is 3.80. The molecule has 1 aliphatic carbocycles. The van der Waals surface area contributed by atoms with Gasteiger partial charge in [0, 0.05) is 10.7 Å². The van der Waals surface area contributed by atoms with Crippen molar-refractivity contribution < 1.29 is 9.53 Å². The third kappa shape index (κ3) is 1.79. The molecule has 0 N–H and O–H groups in total. The Kier molecular flexibility index (Phi) is 3.78. The molecule has 0 fully saturated rings. The summed E-state index contributed by atoms with van der Waals surface area (Å²) in [5.74, 6) is -0.0764. The zero-order chi connectivity index (χ0) is 12.6. The molecule has 92 valence electrons. The van der Waals surface area contributed by atoms with E-state index in [2.05, 4.69) is 33.1 Å². The molecule has 1 rings (SSSR count). The van der Waals surface area contributed by atoms with Crippen molar-refractivity contribution >= 4 is 17.7 Å². The average molecular weight is 242 g/mol. The van der Waals surface area contributed by atoms with Crippen molar-refractivity contribution in [3.05, 3.63) is 11.6 Å². The molecule has 0 saturated heterocycles. The van der Waals surface area contributed by atoms with Crippen molar-refractivity contribution in [2.75, 3.05) is 12.9 Å². The van der Waals surface area contributed by atoms with Crippen molar-refractivity contribution in [3.63, 3.8) is 0 Å². The quantitative estimate of drug-likeness (QED) is 0.561. The largest absolute Gasteiger partial charge is 0.466 e. The molecule has 0 spiro atoms. The summed E-state index contributed by atoms with van der Waals surface area (Å²) in [5.41, 5.74) is 0.692. The second-order valence-electron chi connectivity index (χ2n) is 5.15. The van der Waals surface area contributed by atoms with Crippen LogP contribution in [0.2, 0.25) is 0 Å². The van der Waals surface area contributed by atoms with Gasteiger partial charge in [-0.3, -0.25) is 4.79 Å². The molecule has 0 saturated carbocycles. The van der Waals surface area contributed by atoms with E-state index in [1.54, 1.807) is 11.8 Å². The lowest BCUT2D eigenvalue weighted by Gasteiger charge is -2.39. The first-order valence-corrected chi connectivity index (χ1v) is 6.99. The highest BCUT2D eigenvalue weighted by molar-refractivity contribution is 7.99. The fourth-order valence-corrected chi connectivity index (χ4v) is 3.97. The van der Waals surface area contributed by atoms with Gasteiger partial charge in [0.25, 0.3) is 0 Å². The van der Waals surface area contributed by atoms with E-state index in [-0.39, 0.29) is 16.6 Å². The molecule has 3 heteroatoms. The van der Waals surface area contributed by atoms with Gasteiger partial charge in [0.2, 0.25) is 0 Å². The number of hydrogen-bond donors (Lipinski definition) is 0. The molecule has 0 aliphatic heterocycles. The van der Waals surface area contributed by atoms with Crippen molar-refractivity contribution in [1.82, 2.24) is 0 Å². The van der Waals surface area contributed by atoms with Crippen LogP contribution in [0.4, 0.5) is 0 Å². The minimum atomic E-state index is -0.452. The zero-order valence-corrected chi connectivity index (χ0v) is 11.9. The molecule has 0 heterocycles. The number of esters is 1. The van der Waals surface area contributed by atoms with Gasteiger partial charge in [0.1, 0.15) is 0 Å². The average Bonchev–Trinajstić information content (AvgIpc) is 2.34.